The van der Waals surface area contributed by atoms with E-state index in [0.717, 1.165) is 41.8 Å². The Kier molecular flexibility index (Phi) is 5.52. The molecular formula is C21H24N4O2S. The van der Waals surface area contributed by atoms with Gasteiger partial charge in [-0.05, 0) is 18.8 Å². The fraction of sp³-hybridized carbons (Fsp3) is 0.429. The van der Waals surface area contributed by atoms with Crippen molar-refractivity contribution in [3.63, 3.8) is 0 Å². The topological polar surface area (TPSA) is 80.9 Å². The largest absolute Gasteiger partial charge is 0.333 e. The van der Waals surface area contributed by atoms with Gasteiger partial charge in [-0.1, -0.05) is 79.9 Å². The molecule has 0 radical (unpaired) electrons. The Balaban J connectivity index is 1.59. The summed E-state index contributed by atoms with van der Waals surface area (Å²) in [6, 6.07) is 9.72. The Bertz CT molecular complexity index is 942. The molecule has 2 heterocycles. The van der Waals surface area contributed by atoms with E-state index in [-0.39, 0.29) is 17.7 Å². The van der Waals surface area contributed by atoms with Crippen LogP contribution in [0.15, 0.2) is 34.9 Å². The Hall–Kier alpha value is -2.54. The molecule has 2 aromatic heterocycles. The van der Waals surface area contributed by atoms with E-state index in [1.807, 2.05) is 30.3 Å². The third kappa shape index (κ3) is 3.99. The number of nitrogens with zero attached hydrogens (tertiary/aromatic N) is 3. The summed E-state index contributed by atoms with van der Waals surface area (Å²) in [5.41, 5.74) is 1.77. The van der Waals surface area contributed by atoms with Crippen molar-refractivity contribution in [1.82, 2.24) is 15.1 Å². The van der Waals surface area contributed by atoms with Gasteiger partial charge in [0.25, 0.3) is 5.89 Å². The van der Waals surface area contributed by atoms with E-state index in [1.54, 1.807) is 0 Å². The lowest BCUT2D eigenvalue weighted by molar-refractivity contribution is -0.120. The lowest BCUT2D eigenvalue weighted by Crippen LogP contribution is -2.24. The third-order valence-corrected chi connectivity index (χ3v) is 6.03. The van der Waals surface area contributed by atoms with E-state index in [4.69, 9.17) is 4.52 Å². The number of carbonyl (C=O) groups excluding carboxylic acids is 1. The van der Waals surface area contributed by atoms with Crippen molar-refractivity contribution in [2.45, 2.75) is 51.9 Å². The number of aromatic nitrogens is 3. The van der Waals surface area contributed by atoms with Gasteiger partial charge in [-0.25, -0.2) is 4.98 Å². The summed E-state index contributed by atoms with van der Waals surface area (Å²) in [5.74, 6) is 1.34. The number of carbonyl (C=O) groups is 1. The van der Waals surface area contributed by atoms with Gasteiger partial charge in [0, 0.05) is 11.5 Å². The number of hydrogen-bond donors (Lipinski definition) is 1. The van der Waals surface area contributed by atoms with Gasteiger partial charge in [0.05, 0.1) is 5.69 Å². The molecule has 0 saturated heterocycles. The first-order chi connectivity index (χ1) is 13.6. The van der Waals surface area contributed by atoms with Crippen molar-refractivity contribution in [3.05, 3.63) is 36.0 Å². The maximum atomic E-state index is 12.6. The highest BCUT2D eigenvalue weighted by atomic mass is 32.1. The van der Waals surface area contributed by atoms with Crippen LogP contribution in [-0.2, 0) is 4.79 Å². The number of nitrogens with one attached hydrogen (secondary N) is 1. The normalized spacial score (nSPS) is 15.1. The van der Waals surface area contributed by atoms with Crippen molar-refractivity contribution in [2.75, 3.05) is 5.32 Å². The number of rotatable bonds is 5. The Morgan fingerprint density at radius 3 is 2.61 bits per heavy atom. The maximum absolute atomic E-state index is 12.6. The zero-order chi connectivity index (χ0) is 19.5. The van der Waals surface area contributed by atoms with E-state index in [2.05, 4.69) is 34.3 Å². The number of amides is 1. The van der Waals surface area contributed by atoms with Gasteiger partial charge in [-0.15, -0.1) is 0 Å². The van der Waals surface area contributed by atoms with Crippen LogP contribution in [0.3, 0.4) is 0 Å². The number of thiazole rings is 1. The van der Waals surface area contributed by atoms with Crippen molar-refractivity contribution >= 4 is 22.4 Å². The maximum Gasteiger partial charge on any atom is 0.270 e. The second-order valence-electron chi connectivity index (χ2n) is 7.50. The highest BCUT2D eigenvalue weighted by Gasteiger charge is 2.25. The fourth-order valence-electron chi connectivity index (χ4n) is 3.52. The van der Waals surface area contributed by atoms with Gasteiger partial charge in [0.1, 0.15) is 4.88 Å². The van der Waals surface area contributed by atoms with Gasteiger partial charge in [0.2, 0.25) is 11.7 Å². The van der Waals surface area contributed by atoms with Gasteiger partial charge in [-0.3, -0.25) is 4.79 Å². The molecule has 7 heteroatoms. The molecule has 1 aliphatic carbocycles. The highest BCUT2D eigenvalue weighted by molar-refractivity contribution is 7.19. The SMILES string of the molecule is CC(C)c1nc(NC(=O)C2CCCCC2)sc1-c1nc(-c2ccccc2)no1. The second kappa shape index (κ2) is 8.22. The highest BCUT2D eigenvalue weighted by Crippen LogP contribution is 2.37. The minimum absolute atomic E-state index is 0.0748. The van der Waals surface area contributed by atoms with Crippen LogP contribution in [-0.4, -0.2) is 21.0 Å². The fourth-order valence-corrected chi connectivity index (χ4v) is 4.57. The minimum Gasteiger partial charge on any atom is -0.333 e. The Morgan fingerprint density at radius 1 is 1.14 bits per heavy atom. The molecule has 0 aliphatic heterocycles. The first-order valence-corrected chi connectivity index (χ1v) is 10.6. The van der Waals surface area contributed by atoms with Crippen LogP contribution in [0.2, 0.25) is 0 Å². The zero-order valence-electron chi connectivity index (χ0n) is 16.1. The van der Waals surface area contributed by atoms with Crippen LogP contribution in [0.1, 0.15) is 57.6 Å². The molecule has 4 rings (SSSR count). The summed E-state index contributed by atoms with van der Waals surface area (Å²) in [6.07, 6.45) is 5.41. The summed E-state index contributed by atoms with van der Waals surface area (Å²) in [4.78, 5) is 22.6. The molecular weight excluding hydrogens is 372 g/mol. The van der Waals surface area contributed by atoms with Gasteiger partial charge in [0.15, 0.2) is 5.13 Å². The molecule has 1 aromatic carbocycles. The number of anilines is 1. The van der Waals surface area contributed by atoms with E-state index < -0.39 is 0 Å². The molecule has 1 N–H and O–H groups in total. The molecule has 1 fully saturated rings. The first-order valence-electron chi connectivity index (χ1n) is 9.83. The van der Waals surface area contributed by atoms with E-state index in [0.29, 0.717) is 16.8 Å². The summed E-state index contributed by atoms with van der Waals surface area (Å²) >= 11 is 1.40. The van der Waals surface area contributed by atoms with Gasteiger partial charge < -0.3 is 9.84 Å². The lowest BCUT2D eigenvalue weighted by Gasteiger charge is -2.19. The smallest absolute Gasteiger partial charge is 0.270 e. The van der Waals surface area contributed by atoms with E-state index >= 15 is 0 Å². The van der Waals surface area contributed by atoms with Gasteiger partial charge >= 0.3 is 0 Å². The molecule has 28 heavy (non-hydrogen) atoms. The molecule has 0 bridgehead atoms. The summed E-state index contributed by atoms with van der Waals surface area (Å²) in [5, 5.41) is 7.73. The summed E-state index contributed by atoms with van der Waals surface area (Å²) in [6.45, 7) is 4.14. The van der Waals surface area contributed by atoms with Crippen molar-refractivity contribution in [2.24, 2.45) is 5.92 Å². The standard InChI is InChI=1S/C21H24N4O2S/c1-13(2)16-17(20-23-18(25-27-20)14-9-5-3-6-10-14)28-21(22-16)24-19(26)15-11-7-4-8-12-15/h3,5-6,9-10,13,15H,4,7-8,11-12H2,1-2H3,(H,22,24,26). The molecule has 3 aromatic rings. The van der Waals surface area contributed by atoms with Crippen LogP contribution in [0.25, 0.3) is 22.2 Å². The van der Waals surface area contributed by atoms with E-state index in [1.165, 1.54) is 17.8 Å². The average molecular weight is 397 g/mol. The molecule has 0 unspecified atom stereocenters. The van der Waals surface area contributed by atoms with Crippen LogP contribution in [0.5, 0.6) is 0 Å². The summed E-state index contributed by atoms with van der Waals surface area (Å²) < 4.78 is 5.53. The molecule has 0 atom stereocenters. The van der Waals surface area contributed by atoms with Gasteiger partial charge in [-0.2, -0.15) is 4.98 Å². The minimum atomic E-state index is 0.0748. The van der Waals surface area contributed by atoms with Crippen LogP contribution in [0.4, 0.5) is 5.13 Å². The zero-order valence-corrected chi connectivity index (χ0v) is 17.0. The quantitative estimate of drug-likeness (QED) is 0.616. The van der Waals surface area contributed by atoms with Crippen molar-refractivity contribution in [1.29, 1.82) is 0 Å². The third-order valence-electron chi connectivity index (χ3n) is 5.06. The lowest BCUT2D eigenvalue weighted by atomic mass is 9.89. The monoisotopic (exact) mass is 396 g/mol. The predicted octanol–water partition coefficient (Wildman–Crippen LogP) is 5.50. The molecule has 1 saturated carbocycles. The van der Waals surface area contributed by atoms with E-state index in [9.17, 15) is 4.79 Å². The molecule has 6 nitrogen and oxygen atoms in total. The molecule has 1 amide bonds. The van der Waals surface area contributed by atoms with Crippen molar-refractivity contribution in [3.8, 4) is 22.2 Å². The average Bonchev–Trinajstić information content (AvgIpc) is 3.36. The molecule has 146 valence electrons. The molecule has 0 spiro atoms. The van der Waals surface area contributed by atoms with Crippen LogP contribution in [0, 0.1) is 5.92 Å². The number of benzene rings is 1. The number of hydrogen-bond acceptors (Lipinski definition) is 6. The second-order valence-corrected chi connectivity index (χ2v) is 8.50. The molecule has 1 aliphatic rings. The van der Waals surface area contributed by atoms with Crippen molar-refractivity contribution < 1.29 is 9.32 Å². The predicted molar refractivity (Wildman–Crippen MR) is 110 cm³/mol. The van der Waals surface area contributed by atoms with Crippen LogP contribution < -0.4 is 5.32 Å². The first kappa shape index (κ1) is 18.8. The Morgan fingerprint density at radius 2 is 1.89 bits per heavy atom. The Labute approximate surface area is 168 Å². The van der Waals surface area contributed by atoms with Crippen LogP contribution >= 0.6 is 11.3 Å². The summed E-state index contributed by atoms with van der Waals surface area (Å²) in [7, 11) is 0.